The van der Waals surface area contributed by atoms with Crippen LogP contribution in [0.1, 0.15) is 11.1 Å². The van der Waals surface area contributed by atoms with Crippen molar-refractivity contribution < 1.29 is 0 Å². The summed E-state index contributed by atoms with van der Waals surface area (Å²) in [6.45, 7) is 4.08. The Morgan fingerprint density at radius 1 is 1.29 bits per heavy atom. The molecule has 1 aromatic heterocycles. The van der Waals surface area contributed by atoms with Gasteiger partial charge in [-0.15, -0.1) is 0 Å². The molecule has 14 heavy (non-hydrogen) atoms. The van der Waals surface area contributed by atoms with E-state index in [0.717, 1.165) is 16.5 Å². The third-order valence-electron chi connectivity index (χ3n) is 2.75. The smallest absolute Gasteiger partial charge is 0.250 e. The monoisotopic (exact) mass is 186 g/mol. The van der Waals surface area contributed by atoms with Gasteiger partial charge in [-0.2, -0.15) is 0 Å². The molecule has 2 rings (SSSR count). The summed E-state index contributed by atoms with van der Waals surface area (Å²) >= 11 is 0. The molecule has 1 aromatic carbocycles. The van der Waals surface area contributed by atoms with Crippen LogP contribution < -0.4 is 5.56 Å². The fraction of sp³-hybridized carbons (Fsp3) is 0.250. The zero-order valence-electron chi connectivity index (χ0n) is 8.59. The fourth-order valence-electron chi connectivity index (χ4n) is 1.63. The van der Waals surface area contributed by atoms with Gasteiger partial charge in [0.1, 0.15) is 0 Å². The molecule has 1 heterocycles. The summed E-state index contributed by atoms with van der Waals surface area (Å²) in [4.78, 5) is 11.4. The van der Waals surface area contributed by atoms with Crippen molar-refractivity contribution in [3.05, 3.63) is 45.7 Å². The molecule has 0 fully saturated rings. The summed E-state index contributed by atoms with van der Waals surface area (Å²) in [7, 11) is 1.78. The molecule has 0 atom stereocenters. The molecular weight excluding hydrogens is 174 g/mol. The van der Waals surface area contributed by atoms with E-state index in [2.05, 4.69) is 13.0 Å². The maximum atomic E-state index is 11.4. The second-order valence-electron chi connectivity index (χ2n) is 3.57. The van der Waals surface area contributed by atoms with E-state index in [0.29, 0.717) is 0 Å². The standard InChI is InChI=1S/C12H12NO/c1-8-4-6-11-10(9(8)2)5-7-12(14)13(11)3/h5-7H,1-3H3. The molecule has 0 spiro atoms. The van der Waals surface area contributed by atoms with Crippen LogP contribution in [0.25, 0.3) is 10.9 Å². The second kappa shape index (κ2) is 2.98. The number of benzene rings is 1. The van der Waals surface area contributed by atoms with Crippen LogP contribution in [0.15, 0.2) is 23.0 Å². The van der Waals surface area contributed by atoms with E-state index < -0.39 is 0 Å². The lowest BCUT2D eigenvalue weighted by atomic mass is 10.0. The zero-order chi connectivity index (χ0) is 10.3. The lowest BCUT2D eigenvalue weighted by Crippen LogP contribution is -2.15. The SMILES string of the molecule is Cc1[c]cc2c(ccc(=O)n2C)c1C. The highest BCUT2D eigenvalue weighted by atomic mass is 16.1. The van der Waals surface area contributed by atoms with Crippen molar-refractivity contribution in [3.63, 3.8) is 0 Å². The van der Waals surface area contributed by atoms with Gasteiger partial charge >= 0.3 is 0 Å². The molecule has 0 saturated heterocycles. The first-order valence-electron chi connectivity index (χ1n) is 4.59. The Kier molecular flexibility index (Phi) is 1.92. The highest BCUT2D eigenvalue weighted by Crippen LogP contribution is 2.18. The highest BCUT2D eigenvalue weighted by Gasteiger charge is 2.03. The average Bonchev–Trinajstić information content (AvgIpc) is 2.17. The Balaban J connectivity index is 3.01. The molecule has 1 radical (unpaired) electrons. The maximum absolute atomic E-state index is 11.4. The normalized spacial score (nSPS) is 10.8. The van der Waals surface area contributed by atoms with Crippen LogP contribution in [-0.2, 0) is 7.05 Å². The summed E-state index contributed by atoms with van der Waals surface area (Å²) in [6, 6.07) is 8.51. The molecular formula is C12H12NO. The first-order valence-corrected chi connectivity index (χ1v) is 4.59. The number of hydrogen-bond acceptors (Lipinski definition) is 1. The number of pyridine rings is 1. The van der Waals surface area contributed by atoms with E-state index in [1.54, 1.807) is 17.7 Å². The molecule has 2 heteroatoms. The van der Waals surface area contributed by atoms with Crippen LogP contribution in [0.4, 0.5) is 0 Å². The van der Waals surface area contributed by atoms with Gasteiger partial charge < -0.3 is 4.57 Å². The van der Waals surface area contributed by atoms with Gasteiger partial charge in [0.2, 0.25) is 0 Å². The molecule has 0 bridgehead atoms. The average molecular weight is 186 g/mol. The molecule has 0 aliphatic carbocycles. The van der Waals surface area contributed by atoms with E-state index >= 15 is 0 Å². The number of fused-ring (bicyclic) bond motifs is 1. The summed E-state index contributed by atoms with van der Waals surface area (Å²) in [5.41, 5.74) is 3.30. The van der Waals surface area contributed by atoms with Crippen LogP contribution in [0.2, 0.25) is 0 Å². The van der Waals surface area contributed by atoms with Gasteiger partial charge in [0.15, 0.2) is 0 Å². The first kappa shape index (κ1) is 9.00. The number of hydrogen-bond donors (Lipinski definition) is 0. The van der Waals surface area contributed by atoms with E-state index in [1.807, 2.05) is 19.1 Å². The predicted molar refractivity (Wildman–Crippen MR) is 57.5 cm³/mol. The van der Waals surface area contributed by atoms with Crippen LogP contribution in [0.3, 0.4) is 0 Å². The third kappa shape index (κ3) is 1.15. The lowest BCUT2D eigenvalue weighted by molar-refractivity contribution is 0.905. The van der Waals surface area contributed by atoms with Crippen molar-refractivity contribution in [3.8, 4) is 0 Å². The van der Waals surface area contributed by atoms with Gasteiger partial charge in [0.25, 0.3) is 5.56 Å². The molecule has 0 aliphatic rings. The van der Waals surface area contributed by atoms with Crippen LogP contribution in [-0.4, -0.2) is 4.57 Å². The lowest BCUT2D eigenvalue weighted by Gasteiger charge is -2.08. The van der Waals surface area contributed by atoms with Gasteiger partial charge in [-0.05, 0) is 43.2 Å². The van der Waals surface area contributed by atoms with Crippen molar-refractivity contribution in [2.45, 2.75) is 13.8 Å². The largest absolute Gasteiger partial charge is 0.311 e. The number of aryl methyl sites for hydroxylation is 3. The Labute approximate surface area is 82.8 Å². The summed E-state index contributed by atoms with van der Waals surface area (Å²) in [5.74, 6) is 0. The maximum Gasteiger partial charge on any atom is 0.250 e. The van der Waals surface area contributed by atoms with E-state index in [-0.39, 0.29) is 5.56 Å². The van der Waals surface area contributed by atoms with Crippen LogP contribution in [0.5, 0.6) is 0 Å². The fourth-order valence-corrected chi connectivity index (χ4v) is 1.63. The molecule has 0 N–H and O–H groups in total. The topological polar surface area (TPSA) is 22.0 Å². The number of nitrogens with zero attached hydrogens (tertiary/aromatic N) is 1. The van der Waals surface area contributed by atoms with Gasteiger partial charge in [0, 0.05) is 18.5 Å². The van der Waals surface area contributed by atoms with Crippen molar-refractivity contribution in [1.82, 2.24) is 4.57 Å². The van der Waals surface area contributed by atoms with Gasteiger partial charge in [-0.1, -0.05) is 0 Å². The van der Waals surface area contributed by atoms with Crippen molar-refractivity contribution in [2.75, 3.05) is 0 Å². The third-order valence-corrected chi connectivity index (χ3v) is 2.75. The Bertz CT molecular complexity index is 552. The van der Waals surface area contributed by atoms with Gasteiger partial charge in [-0.25, -0.2) is 0 Å². The predicted octanol–water partition coefficient (Wildman–Crippen LogP) is 1.96. The van der Waals surface area contributed by atoms with Gasteiger partial charge in [0.05, 0.1) is 5.52 Å². The van der Waals surface area contributed by atoms with Crippen molar-refractivity contribution in [1.29, 1.82) is 0 Å². The number of aromatic nitrogens is 1. The van der Waals surface area contributed by atoms with Crippen LogP contribution >= 0.6 is 0 Å². The number of rotatable bonds is 0. The minimum Gasteiger partial charge on any atom is -0.311 e. The second-order valence-corrected chi connectivity index (χ2v) is 3.57. The Morgan fingerprint density at radius 3 is 2.71 bits per heavy atom. The quantitative estimate of drug-likeness (QED) is 0.616. The van der Waals surface area contributed by atoms with Gasteiger partial charge in [-0.3, -0.25) is 4.79 Å². The molecule has 0 unspecified atom stereocenters. The summed E-state index contributed by atoms with van der Waals surface area (Å²) < 4.78 is 1.65. The molecule has 2 aromatic rings. The van der Waals surface area contributed by atoms with E-state index in [1.165, 1.54) is 5.56 Å². The Morgan fingerprint density at radius 2 is 2.00 bits per heavy atom. The molecule has 2 nitrogen and oxygen atoms in total. The van der Waals surface area contributed by atoms with Crippen LogP contribution in [0, 0.1) is 19.9 Å². The Hall–Kier alpha value is -1.57. The van der Waals surface area contributed by atoms with Crippen molar-refractivity contribution in [2.24, 2.45) is 7.05 Å². The zero-order valence-corrected chi connectivity index (χ0v) is 8.59. The highest BCUT2D eigenvalue weighted by molar-refractivity contribution is 5.83. The summed E-state index contributed by atoms with van der Waals surface area (Å²) in [5, 5.41) is 1.13. The minimum absolute atomic E-state index is 0.0224. The van der Waals surface area contributed by atoms with E-state index in [9.17, 15) is 4.79 Å². The minimum atomic E-state index is 0.0224. The molecule has 0 saturated carbocycles. The molecule has 0 amide bonds. The van der Waals surface area contributed by atoms with Crippen molar-refractivity contribution >= 4 is 10.9 Å². The van der Waals surface area contributed by atoms with E-state index in [4.69, 9.17) is 0 Å². The molecule has 71 valence electrons. The first-order chi connectivity index (χ1) is 6.61. The summed E-state index contributed by atoms with van der Waals surface area (Å²) in [6.07, 6.45) is 0. The molecule has 0 aliphatic heterocycles.